The van der Waals surface area contributed by atoms with E-state index in [0.717, 1.165) is 32.1 Å². The summed E-state index contributed by atoms with van der Waals surface area (Å²) in [7, 11) is 2.13. The van der Waals surface area contributed by atoms with Crippen molar-refractivity contribution >= 4 is 0 Å². The highest BCUT2D eigenvalue weighted by Gasteiger charge is 2.17. The molecular weight excluding hydrogens is 226 g/mol. The van der Waals surface area contributed by atoms with E-state index in [-0.39, 0.29) is 0 Å². The predicted octanol–water partition coefficient (Wildman–Crippen LogP) is 2.48. The van der Waals surface area contributed by atoms with Crippen LogP contribution < -0.4 is 4.74 Å². The summed E-state index contributed by atoms with van der Waals surface area (Å²) in [5, 5.41) is 0. The zero-order valence-electron chi connectivity index (χ0n) is 11.4. The molecule has 1 saturated heterocycles. The Balaban J connectivity index is 1.67. The van der Waals surface area contributed by atoms with Crippen LogP contribution in [0, 0.1) is 6.92 Å². The lowest BCUT2D eigenvalue weighted by atomic mass is 10.2. The number of rotatable bonds is 6. The smallest absolute Gasteiger partial charge is 0.122 e. The van der Waals surface area contributed by atoms with Gasteiger partial charge in [0.1, 0.15) is 12.4 Å². The Labute approximate surface area is 110 Å². The fourth-order valence-electron chi connectivity index (χ4n) is 2.26. The molecule has 3 heteroatoms. The number of para-hydroxylation sites is 1. The molecular formula is C15H23NO2. The molecule has 0 aliphatic carbocycles. The molecule has 1 aromatic carbocycles. The molecule has 0 amide bonds. The van der Waals surface area contributed by atoms with Crippen molar-refractivity contribution in [2.24, 2.45) is 0 Å². The number of hydrogen-bond donors (Lipinski definition) is 0. The van der Waals surface area contributed by atoms with E-state index in [9.17, 15) is 0 Å². The molecule has 0 saturated carbocycles. The highest BCUT2D eigenvalue weighted by molar-refractivity contribution is 5.31. The first-order chi connectivity index (χ1) is 8.75. The van der Waals surface area contributed by atoms with E-state index in [1.165, 1.54) is 18.4 Å². The van der Waals surface area contributed by atoms with Crippen molar-refractivity contribution in [2.45, 2.75) is 25.9 Å². The molecule has 0 radical (unpaired) electrons. The summed E-state index contributed by atoms with van der Waals surface area (Å²) in [4.78, 5) is 2.29. The van der Waals surface area contributed by atoms with Gasteiger partial charge in [0.2, 0.25) is 0 Å². The largest absolute Gasteiger partial charge is 0.492 e. The molecule has 1 aliphatic heterocycles. The van der Waals surface area contributed by atoms with Crippen LogP contribution in [0.5, 0.6) is 5.75 Å². The van der Waals surface area contributed by atoms with E-state index in [0.29, 0.717) is 6.10 Å². The van der Waals surface area contributed by atoms with Gasteiger partial charge < -0.3 is 14.4 Å². The normalized spacial score (nSPS) is 19.4. The van der Waals surface area contributed by atoms with E-state index in [1.54, 1.807) is 0 Å². The van der Waals surface area contributed by atoms with Crippen LogP contribution in [0.2, 0.25) is 0 Å². The van der Waals surface area contributed by atoms with Crippen molar-refractivity contribution in [2.75, 3.05) is 33.4 Å². The second-order valence-corrected chi connectivity index (χ2v) is 5.01. The highest BCUT2D eigenvalue weighted by Crippen LogP contribution is 2.16. The number of hydrogen-bond acceptors (Lipinski definition) is 3. The second kappa shape index (κ2) is 6.76. The van der Waals surface area contributed by atoms with Crippen LogP contribution in [0.1, 0.15) is 18.4 Å². The maximum atomic E-state index is 5.79. The Bertz CT molecular complexity index is 361. The Morgan fingerprint density at radius 2 is 2.22 bits per heavy atom. The van der Waals surface area contributed by atoms with Gasteiger partial charge in [-0.1, -0.05) is 18.2 Å². The zero-order chi connectivity index (χ0) is 12.8. The summed E-state index contributed by atoms with van der Waals surface area (Å²) >= 11 is 0. The van der Waals surface area contributed by atoms with Crippen LogP contribution >= 0.6 is 0 Å². The lowest BCUT2D eigenvalue weighted by molar-refractivity contribution is 0.0771. The quantitative estimate of drug-likeness (QED) is 0.773. The van der Waals surface area contributed by atoms with Crippen molar-refractivity contribution in [1.82, 2.24) is 4.90 Å². The monoisotopic (exact) mass is 249 g/mol. The van der Waals surface area contributed by atoms with Crippen molar-refractivity contribution < 1.29 is 9.47 Å². The van der Waals surface area contributed by atoms with Crippen molar-refractivity contribution in [3.8, 4) is 5.75 Å². The molecule has 0 aromatic heterocycles. The lowest BCUT2D eigenvalue weighted by Crippen LogP contribution is -2.32. The fraction of sp³-hybridized carbons (Fsp3) is 0.600. The molecule has 18 heavy (non-hydrogen) atoms. The molecule has 1 heterocycles. The number of nitrogens with zero attached hydrogens (tertiary/aromatic N) is 1. The average Bonchev–Trinajstić information content (AvgIpc) is 2.84. The van der Waals surface area contributed by atoms with E-state index in [4.69, 9.17) is 9.47 Å². The third-order valence-electron chi connectivity index (χ3n) is 3.36. The molecule has 100 valence electrons. The molecule has 1 aromatic rings. The Morgan fingerprint density at radius 1 is 1.39 bits per heavy atom. The third-order valence-corrected chi connectivity index (χ3v) is 3.36. The van der Waals surface area contributed by atoms with Gasteiger partial charge in [0.05, 0.1) is 6.10 Å². The van der Waals surface area contributed by atoms with Crippen LogP contribution in [0.4, 0.5) is 0 Å². The molecule has 2 rings (SSSR count). The summed E-state index contributed by atoms with van der Waals surface area (Å²) in [6, 6.07) is 8.14. The minimum absolute atomic E-state index is 0.425. The lowest BCUT2D eigenvalue weighted by Gasteiger charge is -2.20. The summed E-state index contributed by atoms with van der Waals surface area (Å²) in [6.07, 6.45) is 2.83. The summed E-state index contributed by atoms with van der Waals surface area (Å²) in [5.74, 6) is 0.989. The number of aryl methyl sites for hydroxylation is 1. The summed E-state index contributed by atoms with van der Waals surface area (Å²) in [6.45, 7) is 5.68. The van der Waals surface area contributed by atoms with Gasteiger partial charge in [-0.2, -0.15) is 0 Å². The average molecular weight is 249 g/mol. The third kappa shape index (κ3) is 4.00. The zero-order valence-corrected chi connectivity index (χ0v) is 11.4. The van der Waals surface area contributed by atoms with Crippen molar-refractivity contribution in [3.63, 3.8) is 0 Å². The van der Waals surface area contributed by atoms with Gasteiger partial charge in [-0.05, 0) is 38.4 Å². The van der Waals surface area contributed by atoms with E-state index >= 15 is 0 Å². The van der Waals surface area contributed by atoms with Crippen LogP contribution in [0.3, 0.4) is 0 Å². The molecule has 0 spiro atoms. The summed E-state index contributed by atoms with van der Waals surface area (Å²) < 4.78 is 11.4. The SMILES string of the molecule is Cc1ccccc1OCCN(C)CC1CCCO1. The van der Waals surface area contributed by atoms with Crippen LogP contribution in [-0.2, 0) is 4.74 Å². The first-order valence-corrected chi connectivity index (χ1v) is 6.74. The molecule has 1 unspecified atom stereocenters. The molecule has 0 N–H and O–H groups in total. The first-order valence-electron chi connectivity index (χ1n) is 6.74. The minimum Gasteiger partial charge on any atom is -0.492 e. The maximum absolute atomic E-state index is 5.79. The number of benzene rings is 1. The van der Waals surface area contributed by atoms with E-state index in [2.05, 4.69) is 24.9 Å². The van der Waals surface area contributed by atoms with Gasteiger partial charge in [-0.25, -0.2) is 0 Å². The number of likely N-dealkylation sites (N-methyl/N-ethyl adjacent to an activating group) is 1. The van der Waals surface area contributed by atoms with Gasteiger partial charge in [0.25, 0.3) is 0 Å². The maximum Gasteiger partial charge on any atom is 0.122 e. The van der Waals surface area contributed by atoms with Gasteiger partial charge >= 0.3 is 0 Å². The van der Waals surface area contributed by atoms with Gasteiger partial charge in [-0.3, -0.25) is 0 Å². The van der Waals surface area contributed by atoms with Gasteiger partial charge in [0, 0.05) is 19.7 Å². The minimum atomic E-state index is 0.425. The topological polar surface area (TPSA) is 21.7 Å². The van der Waals surface area contributed by atoms with E-state index < -0.39 is 0 Å². The van der Waals surface area contributed by atoms with Gasteiger partial charge in [0.15, 0.2) is 0 Å². The van der Waals surface area contributed by atoms with Gasteiger partial charge in [-0.15, -0.1) is 0 Å². The van der Waals surface area contributed by atoms with Crippen LogP contribution in [0.15, 0.2) is 24.3 Å². The van der Waals surface area contributed by atoms with Crippen molar-refractivity contribution in [1.29, 1.82) is 0 Å². The molecule has 1 aliphatic rings. The molecule has 1 atom stereocenters. The van der Waals surface area contributed by atoms with Crippen LogP contribution in [-0.4, -0.2) is 44.4 Å². The van der Waals surface area contributed by atoms with E-state index in [1.807, 2.05) is 18.2 Å². The second-order valence-electron chi connectivity index (χ2n) is 5.01. The first kappa shape index (κ1) is 13.4. The standard InChI is InChI=1S/C15H23NO2/c1-13-6-3-4-8-15(13)18-11-9-16(2)12-14-7-5-10-17-14/h3-4,6,8,14H,5,7,9-12H2,1-2H3. The van der Waals surface area contributed by atoms with Crippen LogP contribution in [0.25, 0.3) is 0 Å². The Kier molecular flexibility index (Phi) is 5.02. The molecule has 1 fully saturated rings. The molecule has 0 bridgehead atoms. The predicted molar refractivity (Wildman–Crippen MR) is 73.1 cm³/mol. The highest BCUT2D eigenvalue weighted by atomic mass is 16.5. The summed E-state index contributed by atoms with van der Waals surface area (Å²) in [5.41, 5.74) is 1.19. The fourth-order valence-corrected chi connectivity index (χ4v) is 2.26. The Morgan fingerprint density at radius 3 is 2.94 bits per heavy atom. The van der Waals surface area contributed by atoms with Crippen molar-refractivity contribution in [3.05, 3.63) is 29.8 Å². The molecule has 3 nitrogen and oxygen atoms in total. The number of ether oxygens (including phenoxy) is 2. The Hall–Kier alpha value is -1.06.